The maximum absolute atomic E-state index is 13.4. The quantitative estimate of drug-likeness (QED) is 0.715. The molecule has 3 heterocycles. The molecule has 1 aromatic rings. The first-order chi connectivity index (χ1) is 15.4. The van der Waals surface area contributed by atoms with E-state index < -0.39 is 11.6 Å². The number of nitrogens with zero attached hydrogens (tertiary/aromatic N) is 3. The Morgan fingerprint density at radius 3 is 2.59 bits per heavy atom. The van der Waals surface area contributed by atoms with Crippen LogP contribution >= 0.6 is 0 Å². The summed E-state index contributed by atoms with van der Waals surface area (Å²) in [5.74, 6) is 0.300. The third-order valence-electron chi connectivity index (χ3n) is 6.83. The summed E-state index contributed by atoms with van der Waals surface area (Å²) in [6.07, 6.45) is 2.64. The molecule has 32 heavy (non-hydrogen) atoms. The van der Waals surface area contributed by atoms with Gasteiger partial charge in [-0.2, -0.15) is 0 Å². The van der Waals surface area contributed by atoms with Crippen LogP contribution in [-0.4, -0.2) is 83.3 Å². The van der Waals surface area contributed by atoms with E-state index >= 15 is 0 Å². The first-order valence-corrected chi connectivity index (χ1v) is 11.3. The molecule has 1 N–H and O–H groups in total. The standard InChI is InChI=1S/C23H30N4O5/c1-3-19(28)25-12-9-23(10-13-25)21(30)27(22(31)24-23)17-7-5-11-26(15-17)20(29)16-6-4-8-18(14-16)32-2/h4,6,8,14,17H,3,5,7,9-13,15H2,1-2H3,(H,24,31)/t17-/m0/s1. The molecule has 9 nitrogen and oxygen atoms in total. The summed E-state index contributed by atoms with van der Waals surface area (Å²) in [5.41, 5.74) is -0.424. The molecule has 1 spiro atoms. The molecule has 1 atom stereocenters. The van der Waals surface area contributed by atoms with Gasteiger partial charge in [-0.25, -0.2) is 4.79 Å². The van der Waals surface area contributed by atoms with Crippen LogP contribution in [0, 0.1) is 0 Å². The van der Waals surface area contributed by atoms with E-state index in [1.807, 2.05) is 6.92 Å². The van der Waals surface area contributed by atoms with E-state index in [1.165, 1.54) is 4.90 Å². The number of carbonyl (C=O) groups excluding carboxylic acids is 4. The molecule has 0 aromatic heterocycles. The van der Waals surface area contributed by atoms with Crippen molar-refractivity contribution in [3.8, 4) is 5.75 Å². The number of nitrogens with one attached hydrogen (secondary N) is 1. The van der Waals surface area contributed by atoms with Gasteiger partial charge >= 0.3 is 6.03 Å². The number of methoxy groups -OCH3 is 1. The van der Waals surface area contributed by atoms with Crippen LogP contribution < -0.4 is 10.1 Å². The van der Waals surface area contributed by atoms with Crippen molar-refractivity contribution in [1.29, 1.82) is 0 Å². The molecule has 3 aliphatic heterocycles. The van der Waals surface area contributed by atoms with Gasteiger partial charge in [-0.1, -0.05) is 13.0 Å². The fourth-order valence-electron chi connectivity index (χ4n) is 4.96. The Balaban J connectivity index is 1.45. The molecule has 3 aliphatic rings. The molecule has 5 amide bonds. The lowest BCUT2D eigenvalue weighted by Gasteiger charge is -2.39. The fourth-order valence-corrected chi connectivity index (χ4v) is 4.96. The van der Waals surface area contributed by atoms with Crippen molar-refractivity contribution in [2.45, 2.75) is 50.6 Å². The maximum atomic E-state index is 13.4. The topological polar surface area (TPSA) is 99.3 Å². The average molecular weight is 443 g/mol. The maximum Gasteiger partial charge on any atom is 0.325 e. The smallest absolute Gasteiger partial charge is 0.325 e. The van der Waals surface area contributed by atoms with Gasteiger partial charge in [0.15, 0.2) is 0 Å². The monoisotopic (exact) mass is 442 g/mol. The van der Waals surface area contributed by atoms with Crippen molar-refractivity contribution in [2.24, 2.45) is 0 Å². The van der Waals surface area contributed by atoms with E-state index in [0.717, 1.165) is 0 Å². The van der Waals surface area contributed by atoms with Crippen molar-refractivity contribution >= 4 is 23.8 Å². The number of urea groups is 1. The molecule has 3 saturated heterocycles. The summed E-state index contributed by atoms with van der Waals surface area (Å²) in [7, 11) is 1.55. The van der Waals surface area contributed by atoms with Crippen molar-refractivity contribution in [3.63, 3.8) is 0 Å². The van der Waals surface area contributed by atoms with Crippen molar-refractivity contribution in [2.75, 3.05) is 33.3 Å². The number of likely N-dealkylation sites (tertiary alicyclic amines) is 2. The Kier molecular flexibility index (Phi) is 6.08. The van der Waals surface area contributed by atoms with E-state index in [2.05, 4.69) is 5.32 Å². The van der Waals surface area contributed by atoms with E-state index in [4.69, 9.17) is 4.74 Å². The Labute approximate surface area is 187 Å². The number of rotatable bonds is 4. The lowest BCUT2D eigenvalue weighted by molar-refractivity contribution is -0.139. The fraction of sp³-hybridized carbons (Fsp3) is 0.565. The minimum Gasteiger partial charge on any atom is -0.497 e. The van der Waals surface area contributed by atoms with E-state index in [-0.39, 0.29) is 23.8 Å². The van der Waals surface area contributed by atoms with Crippen LogP contribution in [0.4, 0.5) is 4.79 Å². The van der Waals surface area contributed by atoms with Crippen LogP contribution in [0.25, 0.3) is 0 Å². The lowest BCUT2D eigenvalue weighted by Crippen LogP contribution is -2.57. The highest BCUT2D eigenvalue weighted by Crippen LogP contribution is 2.33. The summed E-state index contributed by atoms with van der Waals surface area (Å²) >= 11 is 0. The predicted octanol–water partition coefficient (Wildman–Crippen LogP) is 1.62. The highest BCUT2D eigenvalue weighted by molar-refractivity contribution is 6.07. The predicted molar refractivity (Wildman–Crippen MR) is 116 cm³/mol. The molecule has 4 rings (SSSR count). The van der Waals surface area contributed by atoms with Gasteiger partial charge in [-0.15, -0.1) is 0 Å². The average Bonchev–Trinajstić information content (AvgIpc) is 3.07. The van der Waals surface area contributed by atoms with E-state index in [9.17, 15) is 19.2 Å². The highest BCUT2D eigenvalue weighted by Gasteiger charge is 2.54. The third-order valence-corrected chi connectivity index (χ3v) is 6.83. The molecule has 1 aromatic carbocycles. The first kappa shape index (κ1) is 22.1. The van der Waals surface area contributed by atoms with Gasteiger partial charge in [-0.3, -0.25) is 19.3 Å². The molecule has 0 aliphatic carbocycles. The van der Waals surface area contributed by atoms with Gasteiger partial charge in [0.1, 0.15) is 11.3 Å². The number of hydrogen-bond donors (Lipinski definition) is 1. The van der Waals surface area contributed by atoms with Gasteiger partial charge < -0.3 is 19.9 Å². The van der Waals surface area contributed by atoms with Crippen LogP contribution in [-0.2, 0) is 9.59 Å². The molecule has 0 bridgehead atoms. The minimum atomic E-state index is -0.944. The Bertz CT molecular complexity index is 925. The van der Waals surface area contributed by atoms with Gasteiger partial charge in [0.05, 0.1) is 13.2 Å². The Morgan fingerprint density at radius 2 is 1.91 bits per heavy atom. The van der Waals surface area contributed by atoms with Crippen LogP contribution in [0.2, 0.25) is 0 Å². The highest BCUT2D eigenvalue weighted by atomic mass is 16.5. The van der Waals surface area contributed by atoms with Crippen molar-refractivity contribution < 1.29 is 23.9 Å². The Morgan fingerprint density at radius 1 is 1.16 bits per heavy atom. The van der Waals surface area contributed by atoms with Crippen LogP contribution in [0.5, 0.6) is 5.75 Å². The SMILES string of the molecule is CCC(=O)N1CCC2(CC1)NC(=O)N([C@H]1CCCN(C(=O)c3cccc(OC)c3)C1)C2=O. The van der Waals surface area contributed by atoms with Crippen LogP contribution in [0.1, 0.15) is 49.4 Å². The number of hydrogen-bond acceptors (Lipinski definition) is 5. The molecule has 0 radical (unpaired) electrons. The number of carbonyl (C=O) groups is 4. The number of amides is 5. The molecule has 172 valence electrons. The van der Waals surface area contributed by atoms with Gasteiger partial charge in [0.2, 0.25) is 5.91 Å². The van der Waals surface area contributed by atoms with Crippen LogP contribution in [0.15, 0.2) is 24.3 Å². The number of piperidine rings is 2. The third kappa shape index (κ3) is 3.91. The summed E-state index contributed by atoms with van der Waals surface area (Å²) in [6.45, 7) is 3.62. The first-order valence-electron chi connectivity index (χ1n) is 11.3. The largest absolute Gasteiger partial charge is 0.497 e. The second-order valence-corrected chi connectivity index (χ2v) is 8.70. The zero-order chi connectivity index (χ0) is 22.9. The van der Waals surface area contributed by atoms with Gasteiger partial charge in [0, 0.05) is 38.2 Å². The number of imide groups is 1. The normalized spacial score (nSPS) is 22.8. The second kappa shape index (κ2) is 8.80. The summed E-state index contributed by atoms with van der Waals surface area (Å²) in [4.78, 5) is 56.0. The molecular formula is C23H30N4O5. The van der Waals surface area contributed by atoms with Gasteiger partial charge in [0.25, 0.3) is 11.8 Å². The summed E-state index contributed by atoms with van der Waals surface area (Å²) < 4.78 is 5.21. The van der Waals surface area contributed by atoms with E-state index in [0.29, 0.717) is 69.6 Å². The van der Waals surface area contributed by atoms with Crippen molar-refractivity contribution in [3.05, 3.63) is 29.8 Å². The minimum absolute atomic E-state index is 0.0625. The molecule has 9 heteroatoms. The molecule has 0 unspecified atom stereocenters. The van der Waals surface area contributed by atoms with Crippen LogP contribution in [0.3, 0.4) is 0 Å². The summed E-state index contributed by atoms with van der Waals surface area (Å²) in [6, 6.07) is 6.22. The van der Waals surface area contributed by atoms with E-state index in [1.54, 1.807) is 41.2 Å². The number of benzene rings is 1. The Hall–Kier alpha value is -3.10. The van der Waals surface area contributed by atoms with Crippen molar-refractivity contribution in [1.82, 2.24) is 20.0 Å². The molecule has 3 fully saturated rings. The number of ether oxygens (including phenoxy) is 1. The molecule has 0 saturated carbocycles. The zero-order valence-corrected chi connectivity index (χ0v) is 18.6. The zero-order valence-electron chi connectivity index (χ0n) is 18.6. The second-order valence-electron chi connectivity index (χ2n) is 8.70. The molecular weight excluding hydrogens is 412 g/mol. The summed E-state index contributed by atoms with van der Waals surface area (Å²) in [5, 5.41) is 2.91. The van der Waals surface area contributed by atoms with Gasteiger partial charge in [-0.05, 0) is 43.9 Å². The lowest BCUT2D eigenvalue weighted by atomic mass is 9.87.